The van der Waals surface area contributed by atoms with Crippen molar-refractivity contribution in [1.82, 2.24) is 0 Å². The molecule has 1 atom stereocenters. The number of benzene rings is 1. The summed E-state index contributed by atoms with van der Waals surface area (Å²) in [7, 11) is 0. The van der Waals surface area contributed by atoms with Gasteiger partial charge in [0.15, 0.2) is 11.5 Å². The molecule has 1 unspecified atom stereocenters. The van der Waals surface area contributed by atoms with Gasteiger partial charge in [0.05, 0.1) is 6.26 Å². The number of furan rings is 1. The lowest BCUT2D eigenvalue weighted by atomic mass is 10.1. The molecule has 0 aliphatic carbocycles. The Labute approximate surface area is 124 Å². The minimum atomic E-state index is -0.361. The highest BCUT2D eigenvalue weighted by atomic mass is 79.9. The molecule has 1 aliphatic rings. The lowest BCUT2D eigenvalue weighted by Crippen LogP contribution is -2.15. The minimum Gasteiger partial charge on any atom is -0.486 e. The average Bonchev–Trinajstić information content (AvgIpc) is 2.83. The van der Waals surface area contributed by atoms with Gasteiger partial charge in [-0.3, -0.25) is 0 Å². The van der Waals surface area contributed by atoms with Crippen molar-refractivity contribution in [3.8, 4) is 11.5 Å². The number of rotatable bonds is 2. The van der Waals surface area contributed by atoms with E-state index in [1.807, 2.05) is 25.1 Å². The molecule has 0 saturated carbocycles. The molecule has 100 valence electrons. The Kier molecular flexibility index (Phi) is 3.46. The molecule has 0 saturated heterocycles. The summed E-state index contributed by atoms with van der Waals surface area (Å²) >= 11 is 10.0. The van der Waals surface area contributed by atoms with E-state index in [-0.39, 0.29) is 5.38 Å². The first-order valence-electron chi connectivity index (χ1n) is 5.94. The van der Waals surface area contributed by atoms with Crippen LogP contribution in [0.2, 0.25) is 0 Å². The van der Waals surface area contributed by atoms with Crippen molar-refractivity contribution in [2.75, 3.05) is 13.2 Å². The zero-order chi connectivity index (χ0) is 13.4. The van der Waals surface area contributed by atoms with Crippen LogP contribution in [0, 0.1) is 6.92 Å². The maximum Gasteiger partial charge on any atom is 0.162 e. The third kappa shape index (κ3) is 2.35. The van der Waals surface area contributed by atoms with Crippen molar-refractivity contribution < 1.29 is 13.9 Å². The van der Waals surface area contributed by atoms with Crippen molar-refractivity contribution in [2.45, 2.75) is 12.3 Å². The van der Waals surface area contributed by atoms with Crippen LogP contribution in [-0.2, 0) is 0 Å². The monoisotopic (exact) mass is 342 g/mol. The molecule has 3 rings (SSSR count). The van der Waals surface area contributed by atoms with Crippen LogP contribution in [0.1, 0.15) is 22.3 Å². The van der Waals surface area contributed by atoms with Gasteiger partial charge in [-0.2, -0.15) is 0 Å². The Balaban J connectivity index is 2.03. The predicted molar refractivity (Wildman–Crippen MR) is 76.3 cm³/mol. The minimum absolute atomic E-state index is 0.361. The fraction of sp³-hybridized carbons (Fsp3) is 0.286. The van der Waals surface area contributed by atoms with Gasteiger partial charge in [-0.05, 0) is 36.2 Å². The van der Waals surface area contributed by atoms with Crippen LogP contribution in [-0.4, -0.2) is 13.2 Å². The number of hydrogen-bond donors (Lipinski definition) is 0. The van der Waals surface area contributed by atoms with E-state index in [9.17, 15) is 0 Å². The molecule has 5 heteroatoms. The zero-order valence-corrected chi connectivity index (χ0v) is 12.6. The summed E-state index contributed by atoms with van der Waals surface area (Å²) < 4.78 is 17.5. The summed E-state index contributed by atoms with van der Waals surface area (Å²) in [5.41, 5.74) is 1.94. The molecule has 0 spiro atoms. The maximum atomic E-state index is 6.51. The Morgan fingerprint density at radius 3 is 2.53 bits per heavy atom. The fourth-order valence-electron chi connectivity index (χ4n) is 2.06. The molecule has 0 N–H and O–H groups in total. The van der Waals surface area contributed by atoms with Crippen molar-refractivity contribution in [2.24, 2.45) is 0 Å². The number of ether oxygens (including phenoxy) is 2. The standard InChI is InChI=1S/C14H12BrClO3/c1-8-2-3-19-14(8)13(16)9-6-11-12(7-10(9)15)18-5-4-17-11/h2-3,6-7,13H,4-5H2,1H3. The number of alkyl halides is 1. The van der Waals surface area contributed by atoms with Gasteiger partial charge in [-0.1, -0.05) is 15.9 Å². The molecule has 1 aromatic heterocycles. The summed E-state index contributed by atoms with van der Waals surface area (Å²) in [6.07, 6.45) is 1.64. The average molecular weight is 344 g/mol. The van der Waals surface area contributed by atoms with Crippen LogP contribution in [0.25, 0.3) is 0 Å². The van der Waals surface area contributed by atoms with E-state index in [1.54, 1.807) is 6.26 Å². The summed E-state index contributed by atoms with van der Waals surface area (Å²) in [4.78, 5) is 0. The predicted octanol–water partition coefficient (Wildman–Crippen LogP) is 4.45. The lowest BCUT2D eigenvalue weighted by molar-refractivity contribution is 0.171. The molecular weight excluding hydrogens is 332 g/mol. The quantitative estimate of drug-likeness (QED) is 0.755. The Bertz CT molecular complexity index is 609. The van der Waals surface area contributed by atoms with E-state index in [0.29, 0.717) is 13.2 Å². The highest BCUT2D eigenvalue weighted by molar-refractivity contribution is 9.10. The van der Waals surface area contributed by atoms with E-state index in [0.717, 1.165) is 32.9 Å². The molecule has 0 fully saturated rings. The number of aryl methyl sites for hydroxylation is 1. The molecule has 1 aromatic carbocycles. The SMILES string of the molecule is Cc1ccoc1C(Cl)c1cc2c(cc1Br)OCCO2. The first kappa shape index (κ1) is 12.9. The summed E-state index contributed by atoms with van der Waals surface area (Å²) in [5.74, 6) is 2.21. The van der Waals surface area contributed by atoms with Crippen molar-refractivity contribution >= 4 is 27.5 Å². The first-order valence-corrected chi connectivity index (χ1v) is 7.17. The zero-order valence-electron chi connectivity index (χ0n) is 10.3. The van der Waals surface area contributed by atoms with Gasteiger partial charge < -0.3 is 13.9 Å². The van der Waals surface area contributed by atoms with Crippen molar-refractivity contribution in [1.29, 1.82) is 0 Å². The molecule has 2 heterocycles. The second-order valence-electron chi connectivity index (χ2n) is 4.35. The molecule has 3 nitrogen and oxygen atoms in total. The summed E-state index contributed by atoms with van der Waals surface area (Å²) in [6, 6.07) is 5.69. The number of hydrogen-bond acceptors (Lipinski definition) is 3. The highest BCUT2D eigenvalue weighted by Crippen LogP contribution is 2.42. The molecule has 0 radical (unpaired) electrons. The van der Waals surface area contributed by atoms with Crippen molar-refractivity contribution in [3.63, 3.8) is 0 Å². The fourth-order valence-corrected chi connectivity index (χ4v) is 3.15. The highest BCUT2D eigenvalue weighted by Gasteiger charge is 2.23. The molecule has 1 aliphatic heterocycles. The van der Waals surface area contributed by atoms with Gasteiger partial charge >= 0.3 is 0 Å². The lowest BCUT2D eigenvalue weighted by Gasteiger charge is -2.21. The van der Waals surface area contributed by atoms with Gasteiger partial charge in [0.2, 0.25) is 0 Å². The molecular formula is C14H12BrClO3. The topological polar surface area (TPSA) is 31.6 Å². The second-order valence-corrected chi connectivity index (χ2v) is 5.64. The molecule has 2 aromatic rings. The number of halogens is 2. The first-order chi connectivity index (χ1) is 9.16. The Hall–Kier alpha value is -1.13. The summed E-state index contributed by atoms with van der Waals surface area (Å²) in [6.45, 7) is 3.10. The largest absolute Gasteiger partial charge is 0.486 e. The third-order valence-corrected chi connectivity index (χ3v) is 4.19. The van der Waals surface area contributed by atoms with Crippen LogP contribution in [0.4, 0.5) is 0 Å². The summed E-state index contributed by atoms with van der Waals surface area (Å²) in [5, 5.41) is -0.361. The van der Waals surface area contributed by atoms with Gasteiger partial charge in [0, 0.05) is 4.47 Å². The van der Waals surface area contributed by atoms with E-state index >= 15 is 0 Å². The van der Waals surface area contributed by atoms with Crippen LogP contribution < -0.4 is 9.47 Å². The van der Waals surface area contributed by atoms with Crippen LogP contribution >= 0.6 is 27.5 Å². The Morgan fingerprint density at radius 2 is 1.89 bits per heavy atom. The second kappa shape index (κ2) is 5.10. The van der Waals surface area contributed by atoms with E-state index < -0.39 is 0 Å². The van der Waals surface area contributed by atoms with Crippen molar-refractivity contribution in [3.05, 3.63) is 45.8 Å². The van der Waals surface area contributed by atoms with Gasteiger partial charge in [0.25, 0.3) is 0 Å². The van der Waals surface area contributed by atoms with Crippen LogP contribution in [0.5, 0.6) is 11.5 Å². The van der Waals surface area contributed by atoms with Crippen LogP contribution in [0.3, 0.4) is 0 Å². The van der Waals surface area contributed by atoms with E-state index in [4.69, 9.17) is 25.5 Å². The van der Waals surface area contributed by atoms with Gasteiger partial charge in [-0.25, -0.2) is 0 Å². The third-order valence-electron chi connectivity index (χ3n) is 3.07. The van der Waals surface area contributed by atoms with Gasteiger partial charge in [0.1, 0.15) is 24.4 Å². The normalized spacial score (nSPS) is 15.3. The molecule has 0 amide bonds. The molecule has 19 heavy (non-hydrogen) atoms. The van der Waals surface area contributed by atoms with E-state index in [2.05, 4.69) is 15.9 Å². The number of fused-ring (bicyclic) bond motifs is 1. The maximum absolute atomic E-state index is 6.51. The smallest absolute Gasteiger partial charge is 0.162 e. The Morgan fingerprint density at radius 1 is 1.21 bits per heavy atom. The molecule has 0 bridgehead atoms. The van der Waals surface area contributed by atoms with E-state index in [1.165, 1.54) is 0 Å². The van der Waals surface area contributed by atoms with Gasteiger partial charge in [-0.15, -0.1) is 11.6 Å². The van der Waals surface area contributed by atoms with Crippen LogP contribution in [0.15, 0.2) is 33.4 Å².